The van der Waals surface area contributed by atoms with Crippen molar-refractivity contribution < 1.29 is 4.42 Å². The van der Waals surface area contributed by atoms with Crippen LogP contribution in [0.15, 0.2) is 33.8 Å². The third-order valence-electron chi connectivity index (χ3n) is 4.66. The lowest BCUT2D eigenvalue weighted by Crippen LogP contribution is -2.37. The van der Waals surface area contributed by atoms with Crippen molar-refractivity contribution in [2.75, 3.05) is 13.6 Å². The van der Waals surface area contributed by atoms with Crippen LogP contribution in [0.4, 0.5) is 0 Å². The van der Waals surface area contributed by atoms with Crippen LogP contribution < -0.4 is 10.6 Å². The molecule has 0 atom stereocenters. The van der Waals surface area contributed by atoms with Crippen molar-refractivity contribution in [2.24, 2.45) is 4.99 Å². The highest BCUT2D eigenvalue weighted by atomic mass is 16.4. The van der Waals surface area contributed by atoms with Crippen LogP contribution in [0.25, 0.3) is 10.9 Å². The number of aromatic amines is 1. The molecule has 26 heavy (non-hydrogen) atoms. The van der Waals surface area contributed by atoms with Crippen LogP contribution in [0.3, 0.4) is 0 Å². The lowest BCUT2D eigenvalue weighted by Gasteiger charge is -2.10. The summed E-state index contributed by atoms with van der Waals surface area (Å²) in [6.45, 7) is 7.36. The molecule has 3 rings (SSSR count). The highest BCUT2D eigenvalue weighted by molar-refractivity contribution is 5.86. The van der Waals surface area contributed by atoms with E-state index in [-0.39, 0.29) is 0 Å². The highest BCUT2D eigenvalue weighted by Crippen LogP contribution is 2.22. The molecular formula is C20H27N5O. The molecule has 0 aliphatic rings. The van der Waals surface area contributed by atoms with Gasteiger partial charge in [0.15, 0.2) is 5.96 Å². The Morgan fingerprint density at radius 3 is 2.77 bits per heavy atom. The molecule has 0 radical (unpaired) electrons. The number of hydrogen-bond acceptors (Lipinski definition) is 3. The number of nitrogens with one attached hydrogen (secondary N) is 3. The Labute approximate surface area is 154 Å². The van der Waals surface area contributed by atoms with Gasteiger partial charge in [-0.25, -0.2) is 4.98 Å². The normalized spacial score (nSPS) is 11.9. The van der Waals surface area contributed by atoms with E-state index in [9.17, 15) is 0 Å². The van der Waals surface area contributed by atoms with Gasteiger partial charge in [-0.3, -0.25) is 4.99 Å². The zero-order chi connectivity index (χ0) is 18.5. The second-order valence-corrected chi connectivity index (χ2v) is 6.36. The molecule has 6 heteroatoms. The van der Waals surface area contributed by atoms with Crippen LogP contribution in [0, 0.1) is 13.8 Å². The van der Waals surface area contributed by atoms with Crippen LogP contribution in [-0.4, -0.2) is 29.5 Å². The fourth-order valence-corrected chi connectivity index (χ4v) is 3.09. The van der Waals surface area contributed by atoms with E-state index in [1.165, 1.54) is 22.0 Å². The van der Waals surface area contributed by atoms with Crippen molar-refractivity contribution in [3.8, 4) is 0 Å². The number of benzene rings is 1. The standard InChI is InChI=1S/C20H27N5O/c1-5-15-7-6-8-17-16(11-23-19(15)17)9-10-22-20(21-4)24-12-18-25-13(2)14(3)26-18/h6-8,11,23H,5,9-10,12H2,1-4H3,(H2,21,22,24). The smallest absolute Gasteiger partial charge is 0.214 e. The number of para-hydroxylation sites is 1. The van der Waals surface area contributed by atoms with E-state index in [2.05, 4.69) is 56.9 Å². The summed E-state index contributed by atoms with van der Waals surface area (Å²) in [6, 6.07) is 6.49. The van der Waals surface area contributed by atoms with Crippen LogP contribution >= 0.6 is 0 Å². The lowest BCUT2D eigenvalue weighted by molar-refractivity contribution is 0.464. The predicted octanol–water partition coefficient (Wildman–Crippen LogP) is 3.24. The van der Waals surface area contributed by atoms with Crippen LogP contribution in [0.5, 0.6) is 0 Å². The van der Waals surface area contributed by atoms with E-state index >= 15 is 0 Å². The monoisotopic (exact) mass is 353 g/mol. The maximum absolute atomic E-state index is 5.58. The summed E-state index contributed by atoms with van der Waals surface area (Å²) >= 11 is 0. The Kier molecular flexibility index (Phi) is 5.61. The van der Waals surface area contributed by atoms with Gasteiger partial charge in [0.2, 0.25) is 5.89 Å². The van der Waals surface area contributed by atoms with Crippen molar-refractivity contribution in [1.29, 1.82) is 0 Å². The second kappa shape index (κ2) is 8.08. The molecule has 0 fully saturated rings. The number of nitrogens with zero attached hydrogens (tertiary/aromatic N) is 2. The summed E-state index contributed by atoms with van der Waals surface area (Å²) in [7, 11) is 1.76. The molecular weight excluding hydrogens is 326 g/mol. The van der Waals surface area contributed by atoms with Crippen LogP contribution in [0.1, 0.15) is 35.4 Å². The van der Waals surface area contributed by atoms with Gasteiger partial charge < -0.3 is 20.0 Å². The minimum absolute atomic E-state index is 0.515. The molecule has 0 spiro atoms. The topological polar surface area (TPSA) is 78.2 Å². The molecule has 0 saturated heterocycles. The van der Waals surface area contributed by atoms with E-state index in [0.29, 0.717) is 12.4 Å². The van der Waals surface area contributed by atoms with Gasteiger partial charge in [0.25, 0.3) is 0 Å². The fraction of sp³-hybridized carbons (Fsp3) is 0.400. The molecule has 0 bridgehead atoms. The minimum atomic E-state index is 0.515. The van der Waals surface area contributed by atoms with Gasteiger partial charge in [0.05, 0.1) is 12.2 Å². The Hall–Kier alpha value is -2.76. The van der Waals surface area contributed by atoms with Gasteiger partial charge in [-0.2, -0.15) is 0 Å². The predicted molar refractivity (Wildman–Crippen MR) is 106 cm³/mol. The zero-order valence-corrected chi connectivity index (χ0v) is 15.9. The summed E-state index contributed by atoms with van der Waals surface area (Å²) in [5, 5.41) is 7.89. The first-order chi connectivity index (χ1) is 12.6. The average molecular weight is 353 g/mol. The van der Waals surface area contributed by atoms with Crippen LogP contribution in [-0.2, 0) is 19.4 Å². The molecule has 0 aliphatic heterocycles. The van der Waals surface area contributed by atoms with E-state index in [4.69, 9.17) is 4.42 Å². The highest BCUT2D eigenvalue weighted by Gasteiger charge is 2.08. The van der Waals surface area contributed by atoms with Gasteiger partial charge in [0, 0.05) is 30.7 Å². The summed E-state index contributed by atoms with van der Waals surface area (Å²) in [6.07, 6.45) is 4.07. The van der Waals surface area contributed by atoms with E-state index in [1.807, 2.05) is 13.8 Å². The van der Waals surface area contributed by atoms with Crippen molar-refractivity contribution in [3.05, 3.63) is 52.9 Å². The Morgan fingerprint density at radius 2 is 2.08 bits per heavy atom. The molecule has 0 aliphatic carbocycles. The Bertz CT molecular complexity index is 887. The van der Waals surface area contributed by atoms with Gasteiger partial charge in [-0.1, -0.05) is 25.1 Å². The first-order valence-electron chi connectivity index (χ1n) is 9.07. The Morgan fingerprint density at radius 1 is 1.23 bits per heavy atom. The number of aryl methyl sites for hydroxylation is 3. The van der Waals surface area contributed by atoms with Crippen molar-refractivity contribution in [1.82, 2.24) is 20.6 Å². The summed E-state index contributed by atoms with van der Waals surface area (Å²) in [4.78, 5) is 12.0. The largest absolute Gasteiger partial charge is 0.444 e. The van der Waals surface area contributed by atoms with E-state index in [0.717, 1.165) is 36.8 Å². The molecule has 2 heterocycles. The second-order valence-electron chi connectivity index (χ2n) is 6.36. The van der Waals surface area contributed by atoms with Crippen molar-refractivity contribution in [3.63, 3.8) is 0 Å². The number of aromatic nitrogens is 2. The number of hydrogen-bond donors (Lipinski definition) is 3. The van der Waals surface area contributed by atoms with Crippen LogP contribution in [0.2, 0.25) is 0 Å². The quantitative estimate of drug-likeness (QED) is 0.470. The van der Waals surface area contributed by atoms with E-state index < -0.39 is 0 Å². The number of guanidine groups is 1. The molecule has 2 aromatic heterocycles. The van der Waals surface area contributed by atoms with Gasteiger partial charge in [-0.05, 0) is 37.8 Å². The van der Waals surface area contributed by atoms with Gasteiger partial charge in [-0.15, -0.1) is 0 Å². The summed E-state index contributed by atoms with van der Waals surface area (Å²) in [5.41, 5.74) is 4.85. The number of aliphatic imine (C=N–C) groups is 1. The van der Waals surface area contributed by atoms with Gasteiger partial charge in [0.1, 0.15) is 5.76 Å². The van der Waals surface area contributed by atoms with Crippen molar-refractivity contribution >= 4 is 16.9 Å². The maximum Gasteiger partial charge on any atom is 0.214 e. The number of rotatable bonds is 6. The molecule has 3 aromatic rings. The molecule has 1 aromatic carbocycles. The molecule has 0 unspecified atom stereocenters. The Balaban J connectivity index is 1.55. The molecule has 138 valence electrons. The lowest BCUT2D eigenvalue weighted by atomic mass is 10.1. The average Bonchev–Trinajstić information content (AvgIpc) is 3.21. The first-order valence-corrected chi connectivity index (χ1v) is 9.07. The summed E-state index contributed by atoms with van der Waals surface area (Å²) < 4.78 is 5.58. The maximum atomic E-state index is 5.58. The third-order valence-corrected chi connectivity index (χ3v) is 4.66. The van der Waals surface area contributed by atoms with E-state index in [1.54, 1.807) is 7.05 Å². The molecule has 0 amide bonds. The molecule has 0 saturated carbocycles. The molecule has 6 nitrogen and oxygen atoms in total. The summed E-state index contributed by atoms with van der Waals surface area (Å²) in [5.74, 6) is 2.27. The zero-order valence-electron chi connectivity index (χ0n) is 15.9. The van der Waals surface area contributed by atoms with Gasteiger partial charge >= 0.3 is 0 Å². The SMILES string of the molecule is CCc1cccc2c(CCNC(=NC)NCc3nc(C)c(C)o3)c[nH]c12. The van der Waals surface area contributed by atoms with Crippen molar-refractivity contribution in [2.45, 2.75) is 40.2 Å². The molecule has 3 N–H and O–H groups in total. The minimum Gasteiger partial charge on any atom is -0.444 e. The third kappa shape index (κ3) is 3.90. The first kappa shape index (κ1) is 18.0. The number of H-pyrrole nitrogens is 1. The number of oxazole rings is 1. The number of fused-ring (bicyclic) bond motifs is 1. The fourth-order valence-electron chi connectivity index (χ4n) is 3.09.